The molecule has 8 heteroatoms. The molecule has 0 radical (unpaired) electrons. The Morgan fingerprint density at radius 3 is 2.81 bits per heavy atom. The van der Waals surface area contributed by atoms with Crippen LogP contribution in [0.25, 0.3) is 5.65 Å². The summed E-state index contributed by atoms with van der Waals surface area (Å²) in [5, 5.41) is 16.8. The summed E-state index contributed by atoms with van der Waals surface area (Å²) in [4.78, 5) is 28.5. The van der Waals surface area contributed by atoms with Crippen LogP contribution in [-0.2, 0) is 4.79 Å². The van der Waals surface area contributed by atoms with E-state index >= 15 is 0 Å². The van der Waals surface area contributed by atoms with Gasteiger partial charge < -0.3 is 15.2 Å². The summed E-state index contributed by atoms with van der Waals surface area (Å²) in [5.41, 5.74) is 3.97. The van der Waals surface area contributed by atoms with Gasteiger partial charge in [-0.2, -0.15) is 0 Å². The Bertz CT molecular complexity index is 1100. The van der Waals surface area contributed by atoms with Crippen molar-refractivity contribution in [1.82, 2.24) is 14.6 Å². The van der Waals surface area contributed by atoms with Gasteiger partial charge >= 0.3 is 5.97 Å². The van der Waals surface area contributed by atoms with E-state index in [1.807, 2.05) is 19.9 Å². The van der Waals surface area contributed by atoms with E-state index in [1.54, 1.807) is 22.7 Å². The van der Waals surface area contributed by atoms with Gasteiger partial charge in [-0.1, -0.05) is 6.07 Å². The number of methoxy groups -OCH3 is 1. The van der Waals surface area contributed by atoms with Crippen LogP contribution in [0.4, 0.5) is 5.82 Å². The molecule has 8 nitrogen and oxygen atoms in total. The molecule has 1 aliphatic heterocycles. The lowest BCUT2D eigenvalue weighted by molar-refractivity contribution is -0.116. The zero-order valence-electron chi connectivity index (χ0n) is 15.1. The first-order valence-corrected chi connectivity index (χ1v) is 8.47. The molecule has 1 amide bonds. The fourth-order valence-electron chi connectivity index (χ4n) is 3.62. The molecule has 2 N–H and O–H groups in total. The molecule has 0 aliphatic carbocycles. The first-order valence-electron chi connectivity index (χ1n) is 8.47. The monoisotopic (exact) mass is 366 g/mol. The third-order valence-corrected chi connectivity index (χ3v) is 4.78. The van der Waals surface area contributed by atoms with E-state index in [-0.39, 0.29) is 29.6 Å². The van der Waals surface area contributed by atoms with Crippen molar-refractivity contribution in [2.24, 2.45) is 0 Å². The largest absolute Gasteiger partial charge is 0.496 e. The molecule has 4 rings (SSSR count). The highest BCUT2D eigenvalue weighted by atomic mass is 16.5. The summed E-state index contributed by atoms with van der Waals surface area (Å²) in [6.07, 6.45) is 0.189. The van der Waals surface area contributed by atoms with Gasteiger partial charge in [0.25, 0.3) is 0 Å². The summed E-state index contributed by atoms with van der Waals surface area (Å²) >= 11 is 0. The number of carboxylic acids is 1. The topological polar surface area (TPSA) is 106 Å². The summed E-state index contributed by atoms with van der Waals surface area (Å²) in [7, 11) is 1.42. The van der Waals surface area contributed by atoms with Crippen LogP contribution in [0, 0.1) is 13.8 Å². The predicted molar refractivity (Wildman–Crippen MR) is 97.5 cm³/mol. The van der Waals surface area contributed by atoms with E-state index in [9.17, 15) is 14.7 Å². The number of aryl methyl sites for hydroxylation is 2. The number of carbonyl (C=O) groups excluding carboxylic acids is 1. The number of carboxylic acid groups (broad SMARTS) is 1. The molecule has 0 bridgehead atoms. The number of aromatic nitrogens is 3. The fraction of sp³-hybridized carbons (Fsp3) is 0.263. The van der Waals surface area contributed by atoms with Crippen LogP contribution in [0.1, 0.15) is 45.2 Å². The second kappa shape index (κ2) is 6.08. The van der Waals surface area contributed by atoms with E-state index in [2.05, 4.69) is 15.4 Å². The van der Waals surface area contributed by atoms with Gasteiger partial charge in [-0.3, -0.25) is 4.79 Å². The predicted octanol–water partition coefficient (Wildman–Crippen LogP) is 2.53. The number of hydrogen-bond donors (Lipinski definition) is 2. The van der Waals surface area contributed by atoms with Gasteiger partial charge in [-0.05, 0) is 37.6 Å². The average Bonchev–Trinajstić information content (AvgIpc) is 2.99. The van der Waals surface area contributed by atoms with E-state index in [0.717, 1.165) is 17.0 Å². The van der Waals surface area contributed by atoms with Crippen LogP contribution < -0.4 is 10.1 Å². The smallest absolute Gasteiger partial charge is 0.339 e. The quantitative estimate of drug-likeness (QED) is 0.738. The number of benzene rings is 1. The number of anilines is 1. The molecule has 0 fully saturated rings. The number of hydrogen-bond acceptors (Lipinski definition) is 5. The minimum Gasteiger partial charge on any atom is -0.496 e. The molecule has 0 spiro atoms. The molecular weight excluding hydrogens is 348 g/mol. The third-order valence-electron chi connectivity index (χ3n) is 4.78. The molecule has 3 aromatic rings. The lowest BCUT2D eigenvalue weighted by atomic mass is 9.86. The van der Waals surface area contributed by atoms with E-state index in [4.69, 9.17) is 4.74 Å². The Kier molecular flexibility index (Phi) is 3.83. The molecule has 1 atom stereocenters. The molecule has 0 saturated carbocycles. The van der Waals surface area contributed by atoms with Gasteiger partial charge in [-0.15, -0.1) is 5.10 Å². The lowest BCUT2D eigenvalue weighted by Crippen LogP contribution is -2.23. The highest BCUT2D eigenvalue weighted by molar-refractivity contribution is 5.96. The first kappa shape index (κ1) is 17.0. The molecule has 27 heavy (non-hydrogen) atoms. The van der Waals surface area contributed by atoms with Crippen molar-refractivity contribution in [1.29, 1.82) is 0 Å². The van der Waals surface area contributed by atoms with Crippen molar-refractivity contribution < 1.29 is 19.4 Å². The van der Waals surface area contributed by atoms with Crippen LogP contribution in [-0.4, -0.2) is 38.7 Å². The minimum absolute atomic E-state index is 0.0549. The van der Waals surface area contributed by atoms with Gasteiger partial charge in [0, 0.05) is 29.3 Å². The number of amides is 1. The Morgan fingerprint density at radius 1 is 1.33 bits per heavy atom. The first-order chi connectivity index (χ1) is 12.9. The second-order valence-electron chi connectivity index (χ2n) is 6.61. The highest BCUT2D eigenvalue weighted by Gasteiger charge is 2.33. The summed E-state index contributed by atoms with van der Waals surface area (Å²) in [6.45, 7) is 3.82. The maximum Gasteiger partial charge on any atom is 0.339 e. The normalized spacial score (nSPS) is 16.1. The van der Waals surface area contributed by atoms with Crippen molar-refractivity contribution in [3.8, 4) is 5.75 Å². The summed E-state index contributed by atoms with van der Waals surface area (Å²) < 4.78 is 6.84. The number of carbonyl (C=O) groups is 2. The van der Waals surface area contributed by atoms with Crippen LogP contribution >= 0.6 is 0 Å². The molecule has 2 aromatic heterocycles. The van der Waals surface area contributed by atoms with Crippen molar-refractivity contribution in [3.63, 3.8) is 0 Å². The Balaban J connectivity index is 1.95. The minimum atomic E-state index is -1.08. The Hall–Kier alpha value is -3.42. The van der Waals surface area contributed by atoms with Crippen LogP contribution in [0.15, 0.2) is 24.3 Å². The SMILES string of the molecule is COc1ccc([C@H]2CC(=O)Nc3nn4c(C)cc(C)nc4c32)cc1C(=O)O. The van der Waals surface area contributed by atoms with Crippen molar-refractivity contribution in [2.45, 2.75) is 26.2 Å². The number of nitrogens with zero attached hydrogens (tertiary/aromatic N) is 3. The number of aromatic carboxylic acids is 1. The molecule has 1 aliphatic rings. The zero-order valence-corrected chi connectivity index (χ0v) is 15.1. The number of rotatable bonds is 3. The van der Waals surface area contributed by atoms with Crippen LogP contribution in [0.3, 0.4) is 0 Å². The Labute approximate surface area is 154 Å². The van der Waals surface area contributed by atoms with Crippen molar-refractivity contribution >= 4 is 23.3 Å². The van der Waals surface area contributed by atoms with Gasteiger partial charge in [0.15, 0.2) is 11.5 Å². The van der Waals surface area contributed by atoms with Crippen molar-refractivity contribution in [2.75, 3.05) is 12.4 Å². The third kappa shape index (κ3) is 2.69. The molecule has 138 valence electrons. The summed E-state index contributed by atoms with van der Waals surface area (Å²) in [5.74, 6) is -0.859. The number of fused-ring (bicyclic) bond motifs is 3. The van der Waals surface area contributed by atoms with Gasteiger partial charge in [-0.25, -0.2) is 14.3 Å². The fourth-order valence-corrected chi connectivity index (χ4v) is 3.62. The van der Waals surface area contributed by atoms with Gasteiger partial charge in [0.2, 0.25) is 5.91 Å². The van der Waals surface area contributed by atoms with Gasteiger partial charge in [0.05, 0.1) is 7.11 Å². The van der Waals surface area contributed by atoms with Crippen LogP contribution in [0.2, 0.25) is 0 Å². The molecule has 0 unspecified atom stereocenters. The summed E-state index contributed by atoms with van der Waals surface area (Å²) in [6, 6.07) is 6.86. The molecule has 1 aromatic carbocycles. The average molecular weight is 366 g/mol. The molecular formula is C19H18N4O4. The maximum atomic E-state index is 12.3. The van der Waals surface area contributed by atoms with Gasteiger partial charge in [0.1, 0.15) is 11.3 Å². The van der Waals surface area contributed by atoms with E-state index in [0.29, 0.717) is 17.0 Å². The standard InChI is InChI=1S/C19H18N4O4/c1-9-6-10(2)23-18(20-9)16-12(8-15(24)21-17(16)22-23)11-4-5-14(27-3)13(7-11)19(25)26/h4-7,12H,8H2,1-3H3,(H,25,26)(H,21,22,24)/t12-/m1/s1. The lowest BCUT2D eigenvalue weighted by Gasteiger charge is -2.22. The molecule has 3 heterocycles. The number of ether oxygens (including phenoxy) is 1. The zero-order chi connectivity index (χ0) is 19.3. The Morgan fingerprint density at radius 2 is 2.11 bits per heavy atom. The maximum absolute atomic E-state index is 12.3. The van der Waals surface area contributed by atoms with Crippen LogP contribution in [0.5, 0.6) is 5.75 Å². The molecule has 0 saturated heterocycles. The second-order valence-corrected chi connectivity index (χ2v) is 6.61. The highest BCUT2D eigenvalue weighted by Crippen LogP contribution is 2.40. The van der Waals surface area contributed by atoms with Crippen molar-refractivity contribution in [3.05, 3.63) is 52.3 Å². The van der Waals surface area contributed by atoms with E-state index in [1.165, 1.54) is 7.11 Å². The van der Waals surface area contributed by atoms with E-state index < -0.39 is 5.97 Å². The number of nitrogens with one attached hydrogen (secondary N) is 1.